The van der Waals surface area contributed by atoms with E-state index in [1.54, 1.807) is 12.3 Å². The van der Waals surface area contributed by atoms with E-state index in [-0.39, 0.29) is 11.6 Å². The van der Waals surface area contributed by atoms with Gasteiger partial charge in [-0.2, -0.15) is 0 Å². The molecule has 3 rings (SSSR count). The third-order valence-corrected chi connectivity index (χ3v) is 3.54. The molecule has 0 aliphatic carbocycles. The molecule has 0 radical (unpaired) electrons. The number of fused-ring (bicyclic) bond motifs is 1. The summed E-state index contributed by atoms with van der Waals surface area (Å²) in [4.78, 5) is 20.9. The Kier molecular flexibility index (Phi) is 5.06. The molecule has 26 heavy (non-hydrogen) atoms. The van der Waals surface area contributed by atoms with Gasteiger partial charge in [-0.3, -0.25) is 0 Å². The number of aromatic nitrogens is 2. The fraction of sp³-hybridized carbons (Fsp3) is 0.316. The SMILES string of the molecule is CC(C)(C)NC(=O)NCCNc1nc(-c2ccco2)nc2ccccc12. The summed E-state index contributed by atoms with van der Waals surface area (Å²) in [6, 6.07) is 11.2. The Morgan fingerprint density at radius 1 is 1.08 bits per heavy atom. The fourth-order valence-electron chi connectivity index (χ4n) is 2.47. The van der Waals surface area contributed by atoms with Crippen molar-refractivity contribution >= 4 is 22.8 Å². The molecule has 7 heteroatoms. The highest BCUT2D eigenvalue weighted by Crippen LogP contribution is 2.24. The van der Waals surface area contributed by atoms with Gasteiger partial charge in [0.2, 0.25) is 0 Å². The van der Waals surface area contributed by atoms with Crippen LogP contribution in [-0.4, -0.2) is 34.6 Å². The molecular formula is C19H23N5O2. The molecule has 0 spiro atoms. The van der Waals surface area contributed by atoms with Crippen LogP contribution in [0.5, 0.6) is 0 Å². The van der Waals surface area contributed by atoms with Crippen LogP contribution in [0, 0.1) is 0 Å². The van der Waals surface area contributed by atoms with Crippen molar-refractivity contribution in [2.45, 2.75) is 26.3 Å². The summed E-state index contributed by atoms with van der Waals surface area (Å²) < 4.78 is 5.41. The summed E-state index contributed by atoms with van der Waals surface area (Å²) in [5.74, 6) is 1.84. The number of urea groups is 1. The van der Waals surface area contributed by atoms with Gasteiger partial charge in [0.1, 0.15) is 5.82 Å². The maximum atomic E-state index is 11.8. The van der Waals surface area contributed by atoms with Crippen LogP contribution in [0.25, 0.3) is 22.5 Å². The molecule has 0 atom stereocenters. The first kappa shape index (κ1) is 17.7. The van der Waals surface area contributed by atoms with Gasteiger partial charge in [-0.15, -0.1) is 0 Å². The molecule has 2 heterocycles. The Labute approximate surface area is 152 Å². The summed E-state index contributed by atoms with van der Waals surface area (Å²) in [5.41, 5.74) is 0.563. The van der Waals surface area contributed by atoms with Crippen molar-refractivity contribution in [3.05, 3.63) is 42.7 Å². The zero-order valence-corrected chi connectivity index (χ0v) is 15.2. The van der Waals surface area contributed by atoms with E-state index in [1.165, 1.54) is 0 Å². The number of anilines is 1. The van der Waals surface area contributed by atoms with E-state index in [0.29, 0.717) is 30.5 Å². The van der Waals surface area contributed by atoms with Gasteiger partial charge in [-0.1, -0.05) is 12.1 Å². The minimum Gasteiger partial charge on any atom is -0.461 e. The number of furan rings is 1. The van der Waals surface area contributed by atoms with Gasteiger partial charge in [-0.25, -0.2) is 14.8 Å². The lowest BCUT2D eigenvalue weighted by molar-refractivity contribution is 0.232. The second-order valence-electron chi connectivity index (χ2n) is 6.95. The first-order valence-corrected chi connectivity index (χ1v) is 8.53. The van der Waals surface area contributed by atoms with Gasteiger partial charge in [0.15, 0.2) is 11.6 Å². The molecule has 136 valence electrons. The van der Waals surface area contributed by atoms with Crippen LogP contribution in [0.3, 0.4) is 0 Å². The van der Waals surface area contributed by atoms with Gasteiger partial charge < -0.3 is 20.4 Å². The average molecular weight is 353 g/mol. The first-order valence-electron chi connectivity index (χ1n) is 8.53. The van der Waals surface area contributed by atoms with Crippen LogP contribution in [0.15, 0.2) is 47.1 Å². The number of hydrogen-bond acceptors (Lipinski definition) is 5. The molecule has 0 aliphatic heterocycles. The molecule has 0 bridgehead atoms. The van der Waals surface area contributed by atoms with Gasteiger partial charge in [0.25, 0.3) is 0 Å². The van der Waals surface area contributed by atoms with Crippen molar-refractivity contribution in [3.63, 3.8) is 0 Å². The number of nitrogens with zero attached hydrogens (tertiary/aromatic N) is 2. The standard InChI is InChI=1S/C19H23N5O2/c1-19(2,3)24-18(25)21-11-10-20-16-13-7-4-5-8-14(13)22-17(23-16)15-9-6-12-26-15/h4-9,12H,10-11H2,1-3H3,(H,20,22,23)(H2,21,24,25). The molecule has 0 saturated carbocycles. The lowest BCUT2D eigenvalue weighted by Crippen LogP contribution is -2.47. The van der Waals surface area contributed by atoms with Crippen LogP contribution < -0.4 is 16.0 Å². The number of benzene rings is 1. The van der Waals surface area contributed by atoms with E-state index in [2.05, 4.69) is 25.9 Å². The second-order valence-corrected chi connectivity index (χ2v) is 6.95. The Balaban J connectivity index is 1.70. The molecule has 0 aliphatic rings. The molecule has 2 amide bonds. The lowest BCUT2D eigenvalue weighted by Gasteiger charge is -2.20. The van der Waals surface area contributed by atoms with Crippen molar-refractivity contribution in [3.8, 4) is 11.6 Å². The first-order chi connectivity index (χ1) is 12.4. The van der Waals surface area contributed by atoms with E-state index in [1.807, 2.05) is 51.1 Å². The summed E-state index contributed by atoms with van der Waals surface area (Å²) >= 11 is 0. The van der Waals surface area contributed by atoms with Crippen molar-refractivity contribution in [2.24, 2.45) is 0 Å². The maximum Gasteiger partial charge on any atom is 0.315 e. The van der Waals surface area contributed by atoms with Crippen LogP contribution in [0.4, 0.5) is 10.6 Å². The molecule has 7 nitrogen and oxygen atoms in total. The smallest absolute Gasteiger partial charge is 0.315 e. The third kappa shape index (κ3) is 4.50. The maximum absolute atomic E-state index is 11.8. The normalized spacial score (nSPS) is 11.3. The Bertz CT molecular complexity index is 885. The van der Waals surface area contributed by atoms with Gasteiger partial charge in [0, 0.05) is 24.0 Å². The van der Waals surface area contributed by atoms with Crippen LogP contribution >= 0.6 is 0 Å². The van der Waals surface area contributed by atoms with Crippen molar-refractivity contribution in [1.29, 1.82) is 0 Å². The van der Waals surface area contributed by atoms with Crippen molar-refractivity contribution in [2.75, 3.05) is 18.4 Å². The highest BCUT2D eigenvalue weighted by atomic mass is 16.3. The number of rotatable bonds is 5. The van der Waals surface area contributed by atoms with Gasteiger partial charge in [0.05, 0.1) is 11.8 Å². The number of carbonyl (C=O) groups is 1. The number of para-hydroxylation sites is 1. The summed E-state index contributed by atoms with van der Waals surface area (Å²) in [5, 5.41) is 9.88. The molecule has 3 aromatic rings. The molecule has 0 unspecified atom stereocenters. The zero-order chi connectivity index (χ0) is 18.6. The topological polar surface area (TPSA) is 92.1 Å². The van der Waals surface area contributed by atoms with Crippen molar-refractivity contribution in [1.82, 2.24) is 20.6 Å². The number of amides is 2. The summed E-state index contributed by atoms with van der Waals surface area (Å²) in [6.45, 7) is 6.82. The summed E-state index contributed by atoms with van der Waals surface area (Å²) in [6.07, 6.45) is 1.60. The Hall–Kier alpha value is -3.09. The van der Waals surface area contributed by atoms with Crippen LogP contribution in [0.2, 0.25) is 0 Å². The number of hydrogen-bond donors (Lipinski definition) is 3. The van der Waals surface area contributed by atoms with E-state index >= 15 is 0 Å². The number of nitrogens with one attached hydrogen (secondary N) is 3. The molecule has 0 saturated heterocycles. The Morgan fingerprint density at radius 2 is 1.88 bits per heavy atom. The minimum atomic E-state index is -0.266. The molecular weight excluding hydrogens is 330 g/mol. The van der Waals surface area contributed by atoms with Crippen molar-refractivity contribution < 1.29 is 9.21 Å². The van der Waals surface area contributed by atoms with Crippen LogP contribution in [-0.2, 0) is 0 Å². The largest absolute Gasteiger partial charge is 0.461 e. The van der Waals surface area contributed by atoms with E-state index < -0.39 is 0 Å². The highest BCUT2D eigenvalue weighted by Gasteiger charge is 2.13. The average Bonchev–Trinajstić information content (AvgIpc) is 3.11. The zero-order valence-electron chi connectivity index (χ0n) is 15.2. The highest BCUT2D eigenvalue weighted by molar-refractivity contribution is 5.90. The fourth-order valence-corrected chi connectivity index (χ4v) is 2.47. The monoisotopic (exact) mass is 353 g/mol. The molecule has 1 aromatic carbocycles. The Morgan fingerprint density at radius 3 is 2.62 bits per heavy atom. The summed E-state index contributed by atoms with van der Waals surface area (Å²) in [7, 11) is 0. The van der Waals surface area contributed by atoms with E-state index in [9.17, 15) is 4.79 Å². The number of carbonyl (C=O) groups excluding carboxylic acids is 1. The molecule has 2 aromatic heterocycles. The predicted octanol–water partition coefficient (Wildman–Crippen LogP) is 3.40. The van der Waals surface area contributed by atoms with E-state index in [4.69, 9.17) is 4.42 Å². The minimum absolute atomic E-state index is 0.192. The second kappa shape index (κ2) is 7.43. The third-order valence-electron chi connectivity index (χ3n) is 3.54. The van der Waals surface area contributed by atoms with Gasteiger partial charge in [-0.05, 0) is 45.0 Å². The van der Waals surface area contributed by atoms with E-state index in [0.717, 1.165) is 10.9 Å². The molecule has 3 N–H and O–H groups in total. The quantitative estimate of drug-likeness (QED) is 0.612. The van der Waals surface area contributed by atoms with Crippen LogP contribution in [0.1, 0.15) is 20.8 Å². The predicted molar refractivity (Wildman–Crippen MR) is 102 cm³/mol. The lowest BCUT2D eigenvalue weighted by atomic mass is 10.1. The van der Waals surface area contributed by atoms with Gasteiger partial charge >= 0.3 is 6.03 Å². The molecule has 0 fully saturated rings.